The Morgan fingerprint density at radius 3 is 2.31 bits per heavy atom. The van der Waals surface area contributed by atoms with Gasteiger partial charge in [-0.2, -0.15) is 5.26 Å². The third-order valence-electron chi connectivity index (χ3n) is 6.81. The summed E-state index contributed by atoms with van der Waals surface area (Å²) in [7, 11) is 0. The number of rotatable bonds is 12. The second-order valence-electron chi connectivity index (χ2n) is 9.38. The molecule has 0 saturated heterocycles. The molecule has 0 radical (unpaired) electrons. The predicted molar refractivity (Wildman–Crippen MR) is 130 cm³/mol. The summed E-state index contributed by atoms with van der Waals surface area (Å²) >= 11 is 0. The van der Waals surface area contributed by atoms with Crippen LogP contribution in [0.2, 0.25) is 0 Å². The van der Waals surface area contributed by atoms with Crippen molar-refractivity contribution in [1.82, 2.24) is 9.97 Å². The molecule has 0 bridgehead atoms. The molecule has 4 heteroatoms. The van der Waals surface area contributed by atoms with Gasteiger partial charge in [0.05, 0.1) is 30.6 Å². The maximum Gasteiger partial charge on any atom is 0.160 e. The topological polar surface area (TPSA) is 58.8 Å². The molecule has 1 aromatic carbocycles. The molecule has 1 fully saturated rings. The van der Waals surface area contributed by atoms with Crippen LogP contribution in [0.3, 0.4) is 0 Å². The van der Waals surface area contributed by atoms with Gasteiger partial charge in [0.1, 0.15) is 0 Å². The number of benzene rings is 1. The molecule has 2 aromatic rings. The van der Waals surface area contributed by atoms with Gasteiger partial charge >= 0.3 is 0 Å². The van der Waals surface area contributed by atoms with Crippen molar-refractivity contribution in [2.75, 3.05) is 6.61 Å². The van der Waals surface area contributed by atoms with Crippen LogP contribution in [0.4, 0.5) is 0 Å². The molecule has 3 rings (SSSR count). The highest BCUT2D eigenvalue weighted by Gasteiger charge is 2.21. The number of nitriles is 1. The number of aryl methyl sites for hydroxylation is 1. The SMILES string of the molecule is CCCCCc1ccc(-c2ncc(OC[C@H]3CC[C@H](CCCCC)CC3)cn2)c(C#N)c1. The van der Waals surface area contributed by atoms with Crippen molar-refractivity contribution < 1.29 is 4.74 Å². The molecule has 1 aliphatic rings. The smallest absolute Gasteiger partial charge is 0.160 e. The van der Waals surface area contributed by atoms with Gasteiger partial charge in [0.15, 0.2) is 11.6 Å². The molecule has 4 nitrogen and oxygen atoms in total. The van der Waals surface area contributed by atoms with Crippen LogP contribution in [-0.4, -0.2) is 16.6 Å². The lowest BCUT2D eigenvalue weighted by Crippen LogP contribution is -2.20. The molecule has 172 valence electrons. The third kappa shape index (κ3) is 7.33. The Kier molecular flexibility index (Phi) is 10.0. The fourth-order valence-corrected chi connectivity index (χ4v) is 4.73. The first kappa shape index (κ1) is 24.2. The van der Waals surface area contributed by atoms with Crippen LogP contribution in [-0.2, 0) is 6.42 Å². The monoisotopic (exact) mass is 433 g/mol. The fraction of sp³-hybridized carbons (Fsp3) is 0.607. The van der Waals surface area contributed by atoms with Crippen molar-refractivity contribution in [1.29, 1.82) is 5.26 Å². The van der Waals surface area contributed by atoms with E-state index in [-0.39, 0.29) is 0 Å². The largest absolute Gasteiger partial charge is 0.490 e. The van der Waals surface area contributed by atoms with Gasteiger partial charge in [-0.05, 0) is 55.2 Å². The molecule has 0 atom stereocenters. The summed E-state index contributed by atoms with van der Waals surface area (Å²) in [5, 5.41) is 9.61. The molecule has 1 heterocycles. The van der Waals surface area contributed by atoms with Crippen LogP contribution in [0.15, 0.2) is 30.6 Å². The number of nitrogens with zero attached hydrogens (tertiary/aromatic N) is 3. The number of hydrogen-bond acceptors (Lipinski definition) is 4. The lowest BCUT2D eigenvalue weighted by atomic mass is 9.80. The number of hydrogen-bond donors (Lipinski definition) is 0. The summed E-state index contributed by atoms with van der Waals surface area (Å²) in [6.45, 7) is 5.23. The Morgan fingerprint density at radius 1 is 0.938 bits per heavy atom. The minimum atomic E-state index is 0.585. The summed E-state index contributed by atoms with van der Waals surface area (Å²) in [5.41, 5.74) is 2.64. The van der Waals surface area contributed by atoms with Crippen molar-refractivity contribution >= 4 is 0 Å². The highest BCUT2D eigenvalue weighted by atomic mass is 16.5. The number of unbranched alkanes of at least 4 members (excludes halogenated alkanes) is 4. The normalized spacial score (nSPS) is 18.3. The molecule has 0 aliphatic heterocycles. The summed E-state index contributed by atoms with van der Waals surface area (Å²) in [6, 6.07) is 8.38. The van der Waals surface area contributed by atoms with E-state index in [2.05, 4.69) is 36.0 Å². The summed E-state index contributed by atoms with van der Waals surface area (Å²) in [4.78, 5) is 8.99. The maximum atomic E-state index is 9.61. The van der Waals surface area contributed by atoms with Gasteiger partial charge in [-0.25, -0.2) is 9.97 Å². The van der Waals surface area contributed by atoms with Crippen molar-refractivity contribution in [2.45, 2.75) is 90.9 Å². The van der Waals surface area contributed by atoms with Crippen LogP contribution < -0.4 is 4.74 Å². The molecule has 1 saturated carbocycles. The van der Waals surface area contributed by atoms with E-state index < -0.39 is 0 Å². The standard InChI is InChI=1S/C28H39N3O/c1-3-5-7-9-22-11-13-24(14-12-22)21-32-26-19-30-28(31-20-26)27-16-15-23(10-8-6-4-2)17-25(27)18-29/h15-17,19-20,22,24H,3-14,21H2,1-2H3/t22-,24-. The van der Waals surface area contributed by atoms with E-state index in [0.29, 0.717) is 23.1 Å². The minimum Gasteiger partial charge on any atom is -0.490 e. The first-order valence-electron chi connectivity index (χ1n) is 12.7. The Hall–Kier alpha value is -2.41. The van der Waals surface area contributed by atoms with Gasteiger partial charge in [0, 0.05) is 5.56 Å². The highest BCUT2D eigenvalue weighted by molar-refractivity contribution is 5.65. The van der Waals surface area contributed by atoms with Gasteiger partial charge in [-0.15, -0.1) is 0 Å². The average molecular weight is 434 g/mol. The van der Waals surface area contributed by atoms with Crippen molar-refractivity contribution in [3.8, 4) is 23.2 Å². The Morgan fingerprint density at radius 2 is 1.62 bits per heavy atom. The molecule has 1 aromatic heterocycles. The summed E-state index contributed by atoms with van der Waals surface area (Å²) in [5.74, 6) is 2.87. The second kappa shape index (κ2) is 13.2. The summed E-state index contributed by atoms with van der Waals surface area (Å²) < 4.78 is 6.01. The van der Waals surface area contributed by atoms with Crippen LogP contribution in [0.5, 0.6) is 5.75 Å². The Labute approximate surface area is 194 Å². The lowest BCUT2D eigenvalue weighted by Gasteiger charge is -2.28. The quantitative estimate of drug-likeness (QED) is 0.325. The minimum absolute atomic E-state index is 0.585. The predicted octanol–water partition coefficient (Wildman–Crippen LogP) is 7.51. The van der Waals surface area contributed by atoms with Gasteiger partial charge in [-0.1, -0.05) is 71.3 Å². The fourth-order valence-electron chi connectivity index (χ4n) is 4.73. The second-order valence-corrected chi connectivity index (χ2v) is 9.38. The number of ether oxygens (including phenoxy) is 1. The van der Waals surface area contributed by atoms with Crippen molar-refractivity contribution in [3.05, 3.63) is 41.7 Å². The van der Waals surface area contributed by atoms with Crippen LogP contribution in [0.1, 0.15) is 95.6 Å². The van der Waals surface area contributed by atoms with E-state index in [1.54, 1.807) is 12.4 Å². The van der Waals surface area contributed by atoms with E-state index in [1.807, 2.05) is 12.1 Å². The molecule has 0 spiro atoms. The van der Waals surface area contributed by atoms with E-state index in [0.717, 1.165) is 30.9 Å². The van der Waals surface area contributed by atoms with E-state index >= 15 is 0 Å². The van der Waals surface area contributed by atoms with Crippen LogP contribution in [0, 0.1) is 23.2 Å². The van der Waals surface area contributed by atoms with Crippen molar-refractivity contribution in [3.63, 3.8) is 0 Å². The maximum absolute atomic E-state index is 9.61. The zero-order valence-electron chi connectivity index (χ0n) is 20.0. The molecular weight excluding hydrogens is 394 g/mol. The van der Waals surface area contributed by atoms with Crippen LogP contribution in [0.25, 0.3) is 11.4 Å². The molecule has 32 heavy (non-hydrogen) atoms. The first-order chi connectivity index (χ1) is 15.7. The molecule has 0 N–H and O–H groups in total. The zero-order valence-corrected chi connectivity index (χ0v) is 20.0. The lowest BCUT2D eigenvalue weighted by molar-refractivity contribution is 0.177. The number of aromatic nitrogens is 2. The first-order valence-corrected chi connectivity index (χ1v) is 12.7. The molecule has 0 unspecified atom stereocenters. The zero-order chi connectivity index (χ0) is 22.6. The Bertz CT molecular complexity index is 848. The van der Waals surface area contributed by atoms with Gasteiger partial charge in [-0.3, -0.25) is 0 Å². The van der Waals surface area contributed by atoms with Gasteiger partial charge < -0.3 is 4.74 Å². The van der Waals surface area contributed by atoms with Crippen molar-refractivity contribution in [2.24, 2.45) is 11.8 Å². The highest BCUT2D eigenvalue weighted by Crippen LogP contribution is 2.32. The van der Waals surface area contributed by atoms with Gasteiger partial charge in [0.25, 0.3) is 0 Å². The summed E-state index contributed by atoms with van der Waals surface area (Å²) in [6.07, 6.45) is 18.8. The van der Waals surface area contributed by atoms with E-state index in [4.69, 9.17) is 4.74 Å². The van der Waals surface area contributed by atoms with Crippen LogP contribution >= 0.6 is 0 Å². The molecule has 0 amide bonds. The van der Waals surface area contributed by atoms with Gasteiger partial charge in [0.2, 0.25) is 0 Å². The van der Waals surface area contributed by atoms with E-state index in [9.17, 15) is 5.26 Å². The average Bonchev–Trinajstić information content (AvgIpc) is 2.84. The van der Waals surface area contributed by atoms with E-state index in [1.165, 1.54) is 69.8 Å². The third-order valence-corrected chi connectivity index (χ3v) is 6.81. The Balaban J connectivity index is 1.50. The molecule has 1 aliphatic carbocycles. The molecular formula is C28H39N3O.